The molecule has 5 heteroatoms. The number of pyridine rings is 2. The predicted molar refractivity (Wildman–Crippen MR) is 79.2 cm³/mol. The number of aryl methyl sites for hydroxylation is 1. The topological polar surface area (TPSA) is 47.4 Å². The number of ether oxygens (including phenoxy) is 1. The molecule has 20 heavy (non-hydrogen) atoms. The van der Waals surface area contributed by atoms with Crippen LogP contribution in [0.4, 0.5) is 5.69 Å². The van der Waals surface area contributed by atoms with E-state index in [9.17, 15) is 4.79 Å². The number of hydrogen-bond acceptors (Lipinski definition) is 4. The maximum absolute atomic E-state index is 12.1. The number of hydrogen-bond donors (Lipinski definition) is 0. The average molecular weight is 273 g/mol. The zero-order valence-corrected chi connectivity index (χ0v) is 12.0. The third kappa shape index (κ3) is 2.18. The van der Waals surface area contributed by atoms with Gasteiger partial charge in [0.2, 0.25) is 0 Å². The Bertz CT molecular complexity index is 685. The lowest BCUT2D eigenvalue weighted by Crippen LogP contribution is -2.46. The van der Waals surface area contributed by atoms with Crippen LogP contribution in [0.2, 0.25) is 0 Å². The summed E-state index contributed by atoms with van der Waals surface area (Å²) < 4.78 is 7.35. The van der Waals surface area contributed by atoms with Crippen molar-refractivity contribution >= 4 is 16.7 Å². The zero-order valence-electron chi connectivity index (χ0n) is 12.0. The molecule has 1 fully saturated rings. The van der Waals surface area contributed by atoms with Crippen molar-refractivity contribution in [1.82, 2.24) is 9.55 Å². The molecule has 1 aliphatic rings. The van der Waals surface area contributed by atoms with E-state index < -0.39 is 0 Å². The second-order valence-electron chi connectivity index (χ2n) is 5.46. The first-order chi connectivity index (χ1) is 9.56. The van der Waals surface area contributed by atoms with Crippen LogP contribution in [0.3, 0.4) is 0 Å². The molecule has 0 N–H and O–H groups in total. The lowest BCUT2D eigenvalue weighted by Gasteiger charge is -2.37. The van der Waals surface area contributed by atoms with Gasteiger partial charge in [0.05, 0.1) is 17.9 Å². The van der Waals surface area contributed by atoms with Crippen molar-refractivity contribution in [3.05, 3.63) is 34.7 Å². The van der Waals surface area contributed by atoms with Crippen LogP contribution in [-0.4, -0.2) is 34.8 Å². The van der Waals surface area contributed by atoms with Gasteiger partial charge < -0.3 is 9.64 Å². The second-order valence-corrected chi connectivity index (χ2v) is 5.46. The maximum Gasteiger partial charge on any atom is 0.253 e. The van der Waals surface area contributed by atoms with Gasteiger partial charge in [-0.15, -0.1) is 0 Å². The Labute approximate surface area is 117 Å². The molecular weight excluding hydrogens is 254 g/mol. The second kappa shape index (κ2) is 4.90. The van der Waals surface area contributed by atoms with Crippen molar-refractivity contribution in [3.8, 4) is 0 Å². The van der Waals surface area contributed by atoms with Gasteiger partial charge in [-0.3, -0.25) is 9.36 Å². The van der Waals surface area contributed by atoms with E-state index in [0.717, 1.165) is 29.8 Å². The summed E-state index contributed by atoms with van der Waals surface area (Å²) >= 11 is 0. The minimum Gasteiger partial charge on any atom is -0.372 e. The summed E-state index contributed by atoms with van der Waals surface area (Å²) in [7, 11) is 1.76. The molecule has 0 saturated carbocycles. The molecule has 3 rings (SSSR count). The Balaban J connectivity index is 2.16. The van der Waals surface area contributed by atoms with Crippen molar-refractivity contribution in [2.45, 2.75) is 26.1 Å². The van der Waals surface area contributed by atoms with Crippen molar-refractivity contribution in [2.75, 3.05) is 18.0 Å². The molecule has 0 bridgehead atoms. The largest absolute Gasteiger partial charge is 0.372 e. The molecule has 0 spiro atoms. The SMILES string of the molecule is C[C@@H]1CN(c2cc(=O)n(C)c3ncccc23)C[C@@H](C)O1. The molecule has 0 aromatic carbocycles. The van der Waals surface area contributed by atoms with E-state index in [-0.39, 0.29) is 17.8 Å². The van der Waals surface area contributed by atoms with Gasteiger partial charge in [-0.25, -0.2) is 4.98 Å². The third-order valence-corrected chi connectivity index (χ3v) is 3.73. The van der Waals surface area contributed by atoms with Gasteiger partial charge in [0.15, 0.2) is 0 Å². The van der Waals surface area contributed by atoms with Gasteiger partial charge in [0.1, 0.15) is 5.65 Å². The van der Waals surface area contributed by atoms with Gasteiger partial charge in [0, 0.05) is 37.8 Å². The van der Waals surface area contributed by atoms with E-state index in [1.807, 2.05) is 12.1 Å². The molecular formula is C15H19N3O2. The fourth-order valence-corrected chi connectivity index (χ4v) is 2.90. The normalized spacial score (nSPS) is 23.2. The first-order valence-corrected chi connectivity index (χ1v) is 6.91. The summed E-state index contributed by atoms with van der Waals surface area (Å²) in [5.41, 5.74) is 1.65. The molecule has 106 valence electrons. The first-order valence-electron chi connectivity index (χ1n) is 6.91. The van der Waals surface area contributed by atoms with Gasteiger partial charge in [-0.1, -0.05) is 0 Å². The van der Waals surface area contributed by atoms with Crippen molar-refractivity contribution in [1.29, 1.82) is 0 Å². The Hall–Kier alpha value is -1.88. The molecule has 1 aliphatic heterocycles. The highest BCUT2D eigenvalue weighted by Crippen LogP contribution is 2.26. The quantitative estimate of drug-likeness (QED) is 0.791. The Kier molecular flexibility index (Phi) is 3.22. The number of fused-ring (bicyclic) bond motifs is 1. The first kappa shape index (κ1) is 13.1. The molecule has 2 aromatic rings. The van der Waals surface area contributed by atoms with Crippen molar-refractivity contribution < 1.29 is 4.74 Å². The molecule has 1 saturated heterocycles. The minimum absolute atomic E-state index is 0.0296. The Morgan fingerprint density at radius 3 is 2.70 bits per heavy atom. The number of morpholine rings is 1. The molecule has 0 aliphatic carbocycles. The van der Waals surface area contributed by atoms with Crippen LogP contribution in [0.5, 0.6) is 0 Å². The Morgan fingerprint density at radius 1 is 1.30 bits per heavy atom. The highest BCUT2D eigenvalue weighted by Gasteiger charge is 2.24. The maximum atomic E-state index is 12.1. The Morgan fingerprint density at radius 2 is 2.00 bits per heavy atom. The lowest BCUT2D eigenvalue weighted by molar-refractivity contribution is -0.00514. The van der Waals surface area contributed by atoms with E-state index in [2.05, 4.69) is 23.7 Å². The zero-order chi connectivity index (χ0) is 14.3. The minimum atomic E-state index is -0.0296. The number of anilines is 1. The molecule has 0 unspecified atom stereocenters. The van der Waals surface area contributed by atoms with E-state index in [4.69, 9.17) is 4.74 Å². The highest BCUT2D eigenvalue weighted by atomic mass is 16.5. The summed E-state index contributed by atoms with van der Waals surface area (Å²) in [5, 5.41) is 1.01. The third-order valence-electron chi connectivity index (χ3n) is 3.73. The van der Waals surface area contributed by atoms with Crippen molar-refractivity contribution in [3.63, 3.8) is 0 Å². The molecule has 2 aromatic heterocycles. The summed E-state index contributed by atoms with van der Waals surface area (Å²) in [6.07, 6.45) is 2.04. The fourth-order valence-electron chi connectivity index (χ4n) is 2.90. The average Bonchev–Trinajstić information content (AvgIpc) is 2.42. The van der Waals surface area contributed by atoms with E-state index >= 15 is 0 Å². The summed E-state index contributed by atoms with van der Waals surface area (Å²) in [6.45, 7) is 5.71. The monoisotopic (exact) mass is 273 g/mol. The van der Waals surface area contributed by atoms with Crippen molar-refractivity contribution in [2.24, 2.45) is 7.05 Å². The summed E-state index contributed by atoms with van der Waals surface area (Å²) in [6, 6.07) is 5.63. The number of aromatic nitrogens is 2. The molecule has 5 nitrogen and oxygen atoms in total. The number of rotatable bonds is 1. The number of nitrogens with zero attached hydrogens (tertiary/aromatic N) is 3. The standard InChI is InChI=1S/C15H19N3O2/c1-10-8-18(9-11(2)20-10)13-7-14(19)17(3)15-12(13)5-4-6-16-15/h4-7,10-11H,8-9H2,1-3H3/t10-,11-/m1/s1. The molecule has 2 atom stereocenters. The van der Waals surface area contributed by atoms with Gasteiger partial charge in [-0.2, -0.15) is 0 Å². The van der Waals surface area contributed by atoms with E-state index in [0.29, 0.717) is 0 Å². The summed E-state index contributed by atoms with van der Waals surface area (Å²) in [5.74, 6) is 0. The van der Waals surface area contributed by atoms with Crippen LogP contribution >= 0.6 is 0 Å². The fraction of sp³-hybridized carbons (Fsp3) is 0.467. The van der Waals surface area contributed by atoms with Crippen LogP contribution in [-0.2, 0) is 11.8 Å². The van der Waals surface area contributed by atoms with Gasteiger partial charge in [-0.05, 0) is 26.0 Å². The van der Waals surface area contributed by atoms with Crippen LogP contribution < -0.4 is 10.5 Å². The van der Waals surface area contributed by atoms with Crippen LogP contribution in [0.15, 0.2) is 29.2 Å². The van der Waals surface area contributed by atoms with Gasteiger partial charge >= 0.3 is 0 Å². The molecule has 0 radical (unpaired) electrons. The van der Waals surface area contributed by atoms with Crippen LogP contribution in [0, 0.1) is 0 Å². The summed E-state index contributed by atoms with van der Waals surface area (Å²) in [4.78, 5) is 18.7. The molecule has 0 amide bonds. The predicted octanol–water partition coefficient (Wildman–Crippen LogP) is 1.55. The smallest absolute Gasteiger partial charge is 0.253 e. The van der Waals surface area contributed by atoms with E-state index in [1.165, 1.54) is 0 Å². The van der Waals surface area contributed by atoms with Gasteiger partial charge in [0.25, 0.3) is 5.56 Å². The van der Waals surface area contributed by atoms with E-state index in [1.54, 1.807) is 23.9 Å². The van der Waals surface area contributed by atoms with Crippen LogP contribution in [0.1, 0.15) is 13.8 Å². The highest BCUT2D eigenvalue weighted by molar-refractivity contribution is 5.89. The lowest BCUT2D eigenvalue weighted by atomic mass is 10.1. The molecule has 3 heterocycles. The van der Waals surface area contributed by atoms with Crippen LogP contribution in [0.25, 0.3) is 11.0 Å².